The molecule has 0 amide bonds. The molecule has 0 saturated carbocycles. The first-order valence-electron chi connectivity index (χ1n) is 4.30. The number of hydrogen-bond donors (Lipinski definition) is 1. The molecule has 0 spiro atoms. The fraction of sp³-hybridized carbons (Fsp3) is 0.333. The molecular weight excluding hydrogens is 230 g/mol. The largest absolute Gasteiger partial charge is 0.374 e. The molecule has 1 unspecified atom stereocenters. The maximum absolute atomic E-state index is 11.9. The van der Waals surface area contributed by atoms with E-state index in [9.17, 15) is 4.21 Å². The maximum Gasteiger partial charge on any atom is 0.198 e. The van der Waals surface area contributed by atoms with Crippen LogP contribution in [0.4, 0.5) is 0 Å². The first-order valence-corrected chi connectivity index (χ1v) is 6.80. The van der Waals surface area contributed by atoms with E-state index in [4.69, 9.17) is 5.73 Å². The Morgan fingerprint density at radius 3 is 2.80 bits per heavy atom. The molecule has 0 aliphatic heterocycles. The first-order chi connectivity index (χ1) is 6.89. The minimum absolute atomic E-state index is 0.0671. The van der Waals surface area contributed by atoms with Gasteiger partial charge >= 0.3 is 0 Å². The highest BCUT2D eigenvalue weighted by Gasteiger charge is 2.04. The van der Waals surface area contributed by atoms with Crippen LogP contribution in [0.1, 0.15) is 11.3 Å². The van der Waals surface area contributed by atoms with E-state index >= 15 is 0 Å². The lowest BCUT2D eigenvalue weighted by molar-refractivity contribution is 0.680. The van der Waals surface area contributed by atoms with Crippen LogP contribution in [0.15, 0.2) is 22.7 Å². The Balaban J connectivity index is 2.92. The molecule has 0 bridgehead atoms. The van der Waals surface area contributed by atoms with Gasteiger partial charge in [0.25, 0.3) is 0 Å². The van der Waals surface area contributed by atoms with Crippen molar-refractivity contribution in [2.75, 3.05) is 6.26 Å². The van der Waals surface area contributed by atoms with E-state index in [1.165, 1.54) is 6.26 Å². The van der Waals surface area contributed by atoms with Crippen molar-refractivity contribution in [3.05, 3.63) is 29.6 Å². The van der Waals surface area contributed by atoms with Gasteiger partial charge in [-0.25, -0.2) is 4.21 Å². The normalized spacial score (nSPS) is 14.3. The van der Waals surface area contributed by atoms with Crippen LogP contribution in [0.3, 0.4) is 0 Å². The van der Waals surface area contributed by atoms with E-state index in [2.05, 4.69) is 21.6 Å². The van der Waals surface area contributed by atoms with Gasteiger partial charge in [0, 0.05) is 18.1 Å². The topological polar surface area (TPSA) is 68.3 Å². The van der Waals surface area contributed by atoms with E-state index in [-0.39, 0.29) is 5.11 Å². The number of thiocarbonyl (C=S) groups is 1. The Hall–Kier alpha value is -1.01. The molecule has 2 N–H and O–H groups in total. The smallest absolute Gasteiger partial charge is 0.198 e. The average molecular weight is 243 g/mol. The minimum atomic E-state index is -2.38. The number of nitrogens with zero attached hydrogens (tertiary/aromatic N) is 2. The van der Waals surface area contributed by atoms with Crippen molar-refractivity contribution < 1.29 is 4.21 Å². The lowest BCUT2D eigenvalue weighted by atomic mass is 10.3. The lowest BCUT2D eigenvalue weighted by Crippen LogP contribution is -2.10. The fourth-order valence-electron chi connectivity index (χ4n) is 1.12. The summed E-state index contributed by atoms with van der Waals surface area (Å²) in [5, 5.41) is -0.0671. The molecule has 1 aromatic heterocycles. The Morgan fingerprint density at radius 1 is 1.67 bits per heavy atom. The van der Waals surface area contributed by atoms with Crippen LogP contribution in [-0.2, 0) is 15.5 Å². The van der Waals surface area contributed by atoms with Crippen molar-refractivity contribution in [2.45, 2.75) is 12.7 Å². The molecule has 1 aromatic rings. The molecule has 0 radical (unpaired) electrons. The lowest BCUT2D eigenvalue weighted by Gasteiger charge is -2.03. The highest BCUT2D eigenvalue weighted by molar-refractivity contribution is 7.93. The zero-order valence-electron chi connectivity index (χ0n) is 8.64. The third-order valence-electron chi connectivity index (χ3n) is 1.69. The van der Waals surface area contributed by atoms with Crippen molar-refractivity contribution in [1.82, 2.24) is 4.98 Å². The number of aromatic nitrogens is 1. The summed E-state index contributed by atoms with van der Waals surface area (Å²) < 4.78 is 15.6. The van der Waals surface area contributed by atoms with E-state index < -0.39 is 9.73 Å². The van der Waals surface area contributed by atoms with E-state index in [0.717, 1.165) is 11.3 Å². The predicted molar refractivity (Wildman–Crippen MR) is 66.0 cm³/mol. The molecule has 0 fully saturated rings. The molecule has 4 nitrogen and oxygen atoms in total. The van der Waals surface area contributed by atoms with Crippen LogP contribution < -0.4 is 5.73 Å². The van der Waals surface area contributed by atoms with Crippen molar-refractivity contribution in [3.8, 4) is 0 Å². The van der Waals surface area contributed by atoms with Crippen LogP contribution in [0.25, 0.3) is 0 Å². The molecule has 1 heterocycles. The summed E-state index contributed by atoms with van der Waals surface area (Å²) in [5.41, 5.74) is 7.02. The average Bonchev–Trinajstić information content (AvgIpc) is 2.06. The summed E-state index contributed by atoms with van der Waals surface area (Å²) in [6.45, 7) is 1.90. The van der Waals surface area contributed by atoms with Crippen LogP contribution in [0, 0.1) is 6.92 Å². The second-order valence-corrected chi connectivity index (χ2v) is 6.15. The number of aryl methyl sites for hydroxylation is 1. The van der Waals surface area contributed by atoms with Crippen molar-refractivity contribution in [3.63, 3.8) is 0 Å². The highest BCUT2D eigenvalue weighted by Crippen LogP contribution is 2.06. The van der Waals surface area contributed by atoms with Crippen LogP contribution in [-0.4, -0.2) is 20.6 Å². The number of rotatable bonds is 2. The molecular formula is C9H13N3OS2. The van der Waals surface area contributed by atoms with Gasteiger partial charge in [-0.1, -0.05) is 6.07 Å². The van der Waals surface area contributed by atoms with Gasteiger partial charge in [0.15, 0.2) is 5.11 Å². The third-order valence-corrected chi connectivity index (χ3v) is 3.35. The second kappa shape index (κ2) is 4.67. The third kappa shape index (κ3) is 4.35. The van der Waals surface area contributed by atoms with Crippen molar-refractivity contribution >= 4 is 27.1 Å². The predicted octanol–water partition coefficient (Wildman–Crippen LogP) is 1.23. The SMILES string of the molecule is Cc1ccc(CS(C)(=O)=NC(N)=S)cn1. The molecule has 0 aliphatic carbocycles. The summed E-state index contributed by atoms with van der Waals surface area (Å²) in [7, 11) is -2.38. The molecule has 15 heavy (non-hydrogen) atoms. The Kier molecular flexibility index (Phi) is 3.76. The van der Waals surface area contributed by atoms with Crippen molar-refractivity contribution in [2.24, 2.45) is 10.1 Å². The zero-order valence-corrected chi connectivity index (χ0v) is 10.3. The van der Waals surface area contributed by atoms with Gasteiger partial charge in [0.05, 0.1) is 15.5 Å². The van der Waals surface area contributed by atoms with Gasteiger partial charge in [0.1, 0.15) is 0 Å². The maximum atomic E-state index is 11.9. The minimum Gasteiger partial charge on any atom is -0.374 e. The molecule has 1 atom stereocenters. The van der Waals surface area contributed by atoms with E-state index in [1.807, 2.05) is 19.1 Å². The van der Waals surface area contributed by atoms with Gasteiger partial charge < -0.3 is 5.73 Å². The summed E-state index contributed by atoms with van der Waals surface area (Å²) in [6.07, 6.45) is 3.22. The van der Waals surface area contributed by atoms with Gasteiger partial charge in [-0.3, -0.25) is 4.98 Å². The standard InChI is InChI=1S/C9H13N3OS2/c1-7-3-4-8(5-11-7)6-15(2,13)12-9(10)14/h3-5H,6H2,1-2H3,(H2,10,14). The van der Waals surface area contributed by atoms with E-state index in [0.29, 0.717) is 5.75 Å². The van der Waals surface area contributed by atoms with Crippen LogP contribution >= 0.6 is 12.2 Å². The van der Waals surface area contributed by atoms with Crippen LogP contribution in [0.5, 0.6) is 0 Å². The number of hydrogen-bond acceptors (Lipinski definition) is 3. The second-order valence-electron chi connectivity index (χ2n) is 3.34. The van der Waals surface area contributed by atoms with Crippen molar-refractivity contribution in [1.29, 1.82) is 0 Å². The summed E-state index contributed by atoms with van der Waals surface area (Å²) >= 11 is 4.60. The first kappa shape index (κ1) is 12.1. The fourth-order valence-corrected chi connectivity index (χ4v) is 2.82. The molecule has 82 valence electrons. The monoisotopic (exact) mass is 243 g/mol. The number of nitrogens with two attached hydrogens (primary N) is 1. The molecule has 6 heteroatoms. The van der Waals surface area contributed by atoms with E-state index in [1.54, 1.807) is 6.20 Å². The molecule has 1 rings (SSSR count). The van der Waals surface area contributed by atoms with Gasteiger partial charge in [-0.15, -0.1) is 0 Å². The van der Waals surface area contributed by atoms with Crippen LogP contribution in [0.2, 0.25) is 0 Å². The van der Waals surface area contributed by atoms with Gasteiger partial charge in [0.2, 0.25) is 0 Å². The summed E-state index contributed by atoms with van der Waals surface area (Å²) in [6, 6.07) is 3.74. The number of pyridine rings is 1. The quantitative estimate of drug-likeness (QED) is 0.793. The Labute approximate surface area is 95.1 Å². The molecule has 0 saturated heterocycles. The Morgan fingerprint density at radius 2 is 2.33 bits per heavy atom. The van der Waals surface area contributed by atoms with Gasteiger partial charge in [-0.2, -0.15) is 4.36 Å². The summed E-state index contributed by atoms with van der Waals surface area (Å²) in [4.78, 5) is 4.11. The zero-order chi connectivity index (χ0) is 11.5. The summed E-state index contributed by atoms with van der Waals surface area (Å²) in [5.74, 6) is 0.317. The van der Waals surface area contributed by atoms with Gasteiger partial charge in [-0.05, 0) is 30.8 Å². The molecule has 0 aliphatic rings. The highest BCUT2D eigenvalue weighted by atomic mass is 32.2. The Bertz CT molecular complexity index is 473. The molecule has 0 aromatic carbocycles.